The van der Waals surface area contributed by atoms with Gasteiger partial charge in [0.05, 0.1) is 0 Å². The molecule has 6 heteroatoms. The van der Waals surface area contributed by atoms with E-state index in [2.05, 4.69) is 28.5 Å². The Balaban J connectivity index is 1.50. The zero-order valence-corrected chi connectivity index (χ0v) is 14.7. The summed E-state index contributed by atoms with van der Waals surface area (Å²) < 4.78 is 0. The van der Waals surface area contributed by atoms with Crippen molar-refractivity contribution < 1.29 is 9.59 Å². The number of nitrogens with zero attached hydrogens (tertiary/aromatic N) is 2. The molecular weight excluding hydrogens is 316 g/mol. The summed E-state index contributed by atoms with van der Waals surface area (Å²) >= 11 is 0. The number of amides is 3. The maximum atomic E-state index is 12.4. The number of aryl methyl sites for hydroxylation is 2. The first kappa shape index (κ1) is 17.1. The summed E-state index contributed by atoms with van der Waals surface area (Å²) in [7, 11) is 0. The molecule has 25 heavy (non-hydrogen) atoms. The van der Waals surface area contributed by atoms with Gasteiger partial charge in [-0.3, -0.25) is 4.79 Å². The molecule has 1 saturated heterocycles. The molecule has 0 atom stereocenters. The molecule has 1 aliphatic rings. The van der Waals surface area contributed by atoms with Gasteiger partial charge in [0, 0.05) is 38.9 Å². The van der Waals surface area contributed by atoms with Crippen LogP contribution in [0.1, 0.15) is 27.2 Å². The number of nitrogens with one attached hydrogen (secondary N) is 2. The first-order valence-electron chi connectivity index (χ1n) is 8.56. The van der Waals surface area contributed by atoms with Crippen LogP contribution in [0, 0.1) is 13.8 Å². The maximum absolute atomic E-state index is 12.4. The predicted molar refractivity (Wildman–Crippen MR) is 96.4 cm³/mol. The second kappa shape index (κ2) is 7.42. The molecular formula is C19H24N4O2. The Hall–Kier alpha value is -2.76. The smallest absolute Gasteiger partial charge is 0.317 e. The van der Waals surface area contributed by atoms with Crippen molar-refractivity contribution in [1.82, 2.24) is 20.1 Å². The van der Waals surface area contributed by atoms with E-state index in [4.69, 9.17) is 0 Å². The van der Waals surface area contributed by atoms with Crippen molar-refractivity contribution in [3.05, 3.63) is 58.9 Å². The van der Waals surface area contributed by atoms with Crippen LogP contribution in [0.5, 0.6) is 0 Å². The average molecular weight is 340 g/mol. The number of rotatable bonds is 3. The molecule has 0 spiro atoms. The van der Waals surface area contributed by atoms with Crippen LogP contribution in [-0.2, 0) is 6.54 Å². The number of aromatic nitrogens is 1. The topological polar surface area (TPSA) is 68.4 Å². The Kier molecular flexibility index (Phi) is 5.07. The van der Waals surface area contributed by atoms with E-state index in [1.807, 2.05) is 19.9 Å². The lowest BCUT2D eigenvalue weighted by atomic mass is 10.1. The fourth-order valence-electron chi connectivity index (χ4n) is 3.02. The second-order valence-electron chi connectivity index (χ2n) is 6.45. The minimum Gasteiger partial charge on any atom is -0.357 e. The number of piperazine rings is 1. The van der Waals surface area contributed by atoms with Crippen LogP contribution in [-0.4, -0.2) is 52.9 Å². The Bertz CT molecular complexity index is 747. The van der Waals surface area contributed by atoms with Crippen LogP contribution in [0.15, 0.2) is 36.5 Å². The maximum Gasteiger partial charge on any atom is 0.317 e. The van der Waals surface area contributed by atoms with E-state index >= 15 is 0 Å². The number of carbonyl (C=O) groups excluding carboxylic acids is 2. The number of urea groups is 1. The van der Waals surface area contributed by atoms with Crippen molar-refractivity contribution in [2.45, 2.75) is 20.4 Å². The fourth-order valence-corrected chi connectivity index (χ4v) is 3.02. The molecule has 2 N–H and O–H groups in total. The lowest BCUT2D eigenvalue weighted by molar-refractivity contribution is 0.0660. The summed E-state index contributed by atoms with van der Waals surface area (Å²) in [5.41, 5.74) is 4.08. The van der Waals surface area contributed by atoms with Crippen LogP contribution >= 0.6 is 0 Å². The van der Waals surface area contributed by atoms with Gasteiger partial charge in [0.1, 0.15) is 5.69 Å². The molecule has 0 unspecified atom stereocenters. The molecule has 6 nitrogen and oxygen atoms in total. The minimum absolute atomic E-state index is 0.0135. The molecule has 2 heterocycles. The molecule has 3 amide bonds. The number of hydrogen-bond acceptors (Lipinski definition) is 2. The summed E-state index contributed by atoms with van der Waals surface area (Å²) in [4.78, 5) is 31.1. The van der Waals surface area contributed by atoms with Crippen molar-refractivity contribution >= 4 is 11.9 Å². The van der Waals surface area contributed by atoms with Gasteiger partial charge >= 0.3 is 6.03 Å². The van der Waals surface area contributed by atoms with E-state index in [-0.39, 0.29) is 11.9 Å². The Morgan fingerprint density at radius 1 is 1.08 bits per heavy atom. The molecule has 2 aromatic rings. The third-order valence-electron chi connectivity index (χ3n) is 4.62. The number of hydrogen-bond donors (Lipinski definition) is 2. The SMILES string of the molecule is Cc1ccc(C)c(CNC(=O)N2CCN(C(=O)c3ccc[nH]3)CC2)c1. The number of H-pyrrole nitrogens is 1. The van der Waals surface area contributed by atoms with E-state index < -0.39 is 0 Å². The van der Waals surface area contributed by atoms with E-state index in [0.717, 1.165) is 5.56 Å². The van der Waals surface area contributed by atoms with Gasteiger partial charge in [-0.25, -0.2) is 4.79 Å². The average Bonchev–Trinajstić information content (AvgIpc) is 3.16. The highest BCUT2D eigenvalue weighted by molar-refractivity contribution is 5.92. The lowest BCUT2D eigenvalue weighted by Crippen LogP contribution is -2.53. The van der Waals surface area contributed by atoms with Crippen molar-refractivity contribution in [2.24, 2.45) is 0 Å². The Morgan fingerprint density at radius 3 is 2.48 bits per heavy atom. The van der Waals surface area contributed by atoms with E-state index in [9.17, 15) is 9.59 Å². The zero-order valence-electron chi connectivity index (χ0n) is 14.7. The fraction of sp³-hybridized carbons (Fsp3) is 0.368. The van der Waals surface area contributed by atoms with Gasteiger partial charge in [0.25, 0.3) is 5.91 Å². The number of carbonyl (C=O) groups is 2. The molecule has 0 saturated carbocycles. The third-order valence-corrected chi connectivity index (χ3v) is 4.62. The molecule has 1 aliphatic heterocycles. The standard InChI is InChI=1S/C19H24N4O2/c1-14-5-6-15(2)16(12-14)13-21-19(25)23-10-8-22(9-11-23)18(24)17-4-3-7-20-17/h3-7,12,20H,8-11,13H2,1-2H3,(H,21,25). The first-order chi connectivity index (χ1) is 12.0. The van der Waals surface area contributed by atoms with Crippen LogP contribution in [0.4, 0.5) is 4.79 Å². The predicted octanol–water partition coefficient (Wildman–Crippen LogP) is 2.30. The molecule has 0 aliphatic carbocycles. The van der Waals surface area contributed by atoms with E-state index in [1.54, 1.807) is 22.1 Å². The van der Waals surface area contributed by atoms with Gasteiger partial charge in [-0.1, -0.05) is 23.8 Å². The molecule has 1 aromatic heterocycles. The van der Waals surface area contributed by atoms with Gasteiger partial charge < -0.3 is 20.1 Å². The zero-order chi connectivity index (χ0) is 17.8. The van der Waals surface area contributed by atoms with E-state index in [1.165, 1.54) is 11.1 Å². The molecule has 1 fully saturated rings. The van der Waals surface area contributed by atoms with Gasteiger partial charge in [-0.15, -0.1) is 0 Å². The lowest BCUT2D eigenvalue weighted by Gasteiger charge is -2.34. The van der Waals surface area contributed by atoms with Crippen LogP contribution in [0.25, 0.3) is 0 Å². The van der Waals surface area contributed by atoms with Crippen molar-refractivity contribution in [2.75, 3.05) is 26.2 Å². The normalized spacial score (nSPS) is 14.5. The molecule has 1 aromatic carbocycles. The Morgan fingerprint density at radius 2 is 1.80 bits per heavy atom. The van der Waals surface area contributed by atoms with Crippen molar-refractivity contribution in [3.63, 3.8) is 0 Å². The van der Waals surface area contributed by atoms with Gasteiger partial charge in [-0.2, -0.15) is 0 Å². The number of benzene rings is 1. The quantitative estimate of drug-likeness (QED) is 0.900. The summed E-state index contributed by atoms with van der Waals surface area (Å²) in [5, 5.41) is 2.99. The molecule has 0 radical (unpaired) electrons. The molecule has 3 rings (SSSR count). The highest BCUT2D eigenvalue weighted by Gasteiger charge is 2.25. The van der Waals surface area contributed by atoms with Gasteiger partial charge in [-0.05, 0) is 37.1 Å². The van der Waals surface area contributed by atoms with E-state index in [0.29, 0.717) is 38.4 Å². The van der Waals surface area contributed by atoms with Crippen molar-refractivity contribution in [3.8, 4) is 0 Å². The summed E-state index contributed by atoms with van der Waals surface area (Å²) in [6.07, 6.45) is 1.74. The van der Waals surface area contributed by atoms with Crippen LogP contribution in [0.2, 0.25) is 0 Å². The molecule has 0 bridgehead atoms. The first-order valence-corrected chi connectivity index (χ1v) is 8.56. The van der Waals surface area contributed by atoms with Crippen LogP contribution < -0.4 is 5.32 Å². The molecule has 132 valence electrons. The third kappa shape index (κ3) is 4.02. The summed E-state index contributed by atoms with van der Waals surface area (Å²) in [6, 6.07) is 9.74. The van der Waals surface area contributed by atoms with Gasteiger partial charge in [0.15, 0.2) is 0 Å². The Labute approximate surface area is 147 Å². The van der Waals surface area contributed by atoms with Crippen LogP contribution in [0.3, 0.4) is 0 Å². The second-order valence-corrected chi connectivity index (χ2v) is 6.45. The monoisotopic (exact) mass is 340 g/mol. The van der Waals surface area contributed by atoms with Crippen molar-refractivity contribution in [1.29, 1.82) is 0 Å². The number of aromatic amines is 1. The highest BCUT2D eigenvalue weighted by Crippen LogP contribution is 2.11. The highest BCUT2D eigenvalue weighted by atomic mass is 16.2. The largest absolute Gasteiger partial charge is 0.357 e. The summed E-state index contributed by atoms with van der Waals surface area (Å²) in [6.45, 7) is 6.81. The van der Waals surface area contributed by atoms with Gasteiger partial charge in [0.2, 0.25) is 0 Å². The summed E-state index contributed by atoms with van der Waals surface area (Å²) in [5.74, 6) is -0.0135. The minimum atomic E-state index is -0.0760.